The van der Waals surface area contributed by atoms with Gasteiger partial charge in [0.1, 0.15) is 0 Å². The van der Waals surface area contributed by atoms with E-state index >= 15 is 0 Å². The normalized spacial score (nSPS) is 12.8. The van der Waals surface area contributed by atoms with E-state index in [0.717, 1.165) is 24.0 Å². The summed E-state index contributed by atoms with van der Waals surface area (Å²) in [6.07, 6.45) is 6.75. The first-order chi connectivity index (χ1) is 10.9. The number of hydrogen-bond donors (Lipinski definition) is 2. The van der Waals surface area contributed by atoms with Gasteiger partial charge in [0.15, 0.2) is 9.84 Å². The average Bonchev–Trinajstić information content (AvgIpc) is 2.99. The molecule has 2 aromatic rings. The molecule has 0 radical (unpaired) electrons. The smallest absolute Gasteiger partial charge is 0.220 e. The number of carbonyl (C=O) groups excluding carboxylic acids is 1. The quantitative estimate of drug-likeness (QED) is 0.809. The summed E-state index contributed by atoms with van der Waals surface area (Å²) in [4.78, 5) is 12.2. The molecule has 0 bridgehead atoms. The van der Waals surface area contributed by atoms with Gasteiger partial charge in [-0.25, -0.2) is 8.42 Å². The Morgan fingerprint density at radius 3 is 2.57 bits per heavy atom. The largest absolute Gasteiger partial charge is 0.350 e. The van der Waals surface area contributed by atoms with E-state index < -0.39 is 9.84 Å². The molecule has 23 heavy (non-hydrogen) atoms. The number of nitrogens with zero attached hydrogens (tertiary/aromatic N) is 1. The van der Waals surface area contributed by atoms with Crippen molar-refractivity contribution in [3.63, 3.8) is 0 Å². The summed E-state index contributed by atoms with van der Waals surface area (Å²) in [5.74, 6) is -0.0202. The summed E-state index contributed by atoms with van der Waals surface area (Å²) >= 11 is 0. The summed E-state index contributed by atoms with van der Waals surface area (Å²) in [5.41, 5.74) is 1.96. The number of sulfone groups is 1. The molecule has 1 amide bonds. The van der Waals surface area contributed by atoms with E-state index in [4.69, 9.17) is 0 Å². The molecule has 0 saturated carbocycles. The Kier molecular flexibility index (Phi) is 5.54. The van der Waals surface area contributed by atoms with Gasteiger partial charge in [0.25, 0.3) is 0 Å². The molecule has 0 aliphatic carbocycles. The van der Waals surface area contributed by atoms with Gasteiger partial charge in [-0.3, -0.25) is 9.89 Å². The molecule has 0 saturated heterocycles. The van der Waals surface area contributed by atoms with Gasteiger partial charge >= 0.3 is 0 Å². The number of nitrogens with one attached hydrogen (secondary N) is 2. The number of rotatable bonds is 7. The third-order valence-corrected chi connectivity index (χ3v) is 4.74. The zero-order chi connectivity index (χ0) is 16.9. The van der Waals surface area contributed by atoms with Crippen molar-refractivity contribution in [3.8, 4) is 0 Å². The van der Waals surface area contributed by atoms with E-state index in [1.54, 1.807) is 30.5 Å². The molecule has 1 heterocycles. The number of hydrogen-bond acceptors (Lipinski definition) is 4. The minimum atomic E-state index is -3.20. The average molecular weight is 335 g/mol. The van der Waals surface area contributed by atoms with Crippen molar-refractivity contribution in [1.29, 1.82) is 0 Å². The number of aromatic amines is 1. The lowest BCUT2D eigenvalue weighted by Gasteiger charge is -2.14. The Morgan fingerprint density at radius 2 is 2.00 bits per heavy atom. The third kappa shape index (κ3) is 5.21. The lowest BCUT2D eigenvalue weighted by Crippen LogP contribution is -2.26. The van der Waals surface area contributed by atoms with E-state index in [2.05, 4.69) is 15.5 Å². The molecule has 6 nitrogen and oxygen atoms in total. The predicted molar refractivity (Wildman–Crippen MR) is 87.6 cm³/mol. The number of carbonyl (C=O) groups is 1. The summed E-state index contributed by atoms with van der Waals surface area (Å²) < 4.78 is 22.9. The van der Waals surface area contributed by atoms with Crippen molar-refractivity contribution in [2.75, 3.05) is 6.26 Å². The molecular formula is C16H21N3O3S. The van der Waals surface area contributed by atoms with Gasteiger partial charge in [0.05, 0.1) is 17.1 Å². The van der Waals surface area contributed by atoms with Crippen molar-refractivity contribution < 1.29 is 13.2 Å². The van der Waals surface area contributed by atoms with E-state index in [-0.39, 0.29) is 16.8 Å². The first-order valence-electron chi connectivity index (χ1n) is 7.43. The van der Waals surface area contributed by atoms with Crippen LogP contribution >= 0.6 is 0 Å². The summed E-state index contributed by atoms with van der Waals surface area (Å²) in [5, 5.41) is 9.53. The lowest BCUT2D eigenvalue weighted by molar-refractivity contribution is -0.121. The monoisotopic (exact) mass is 335 g/mol. The fraction of sp³-hybridized carbons (Fsp3) is 0.375. The van der Waals surface area contributed by atoms with Crippen molar-refractivity contribution in [2.45, 2.75) is 37.1 Å². The highest BCUT2D eigenvalue weighted by Gasteiger charge is 2.11. The molecule has 1 aromatic heterocycles. The Morgan fingerprint density at radius 1 is 1.30 bits per heavy atom. The minimum Gasteiger partial charge on any atom is -0.350 e. The molecule has 0 fully saturated rings. The number of benzene rings is 1. The molecule has 1 atom stereocenters. The van der Waals surface area contributed by atoms with Gasteiger partial charge < -0.3 is 5.32 Å². The van der Waals surface area contributed by atoms with Crippen LogP contribution in [-0.2, 0) is 21.1 Å². The maximum Gasteiger partial charge on any atom is 0.220 e. The second kappa shape index (κ2) is 7.41. The summed E-state index contributed by atoms with van der Waals surface area (Å²) in [6.45, 7) is 1.88. The standard InChI is InChI=1S/C16H21N3O3S/c1-12(14-6-8-15(9-7-14)23(2,21)22)19-16(20)5-3-4-13-10-17-18-11-13/h6-12H,3-5H2,1-2H3,(H,17,18)(H,19,20). The Balaban J connectivity index is 1.83. The fourth-order valence-corrected chi connectivity index (χ4v) is 2.90. The minimum absolute atomic E-state index is 0.0202. The number of amides is 1. The van der Waals surface area contributed by atoms with Crippen molar-refractivity contribution in [1.82, 2.24) is 15.5 Å². The predicted octanol–water partition coefficient (Wildman–Crippen LogP) is 2.01. The maximum absolute atomic E-state index is 12.0. The molecular weight excluding hydrogens is 314 g/mol. The van der Waals surface area contributed by atoms with Crippen molar-refractivity contribution in [2.24, 2.45) is 0 Å². The van der Waals surface area contributed by atoms with Crippen LogP contribution in [0.15, 0.2) is 41.6 Å². The molecule has 124 valence electrons. The highest BCUT2D eigenvalue weighted by atomic mass is 32.2. The molecule has 0 aliphatic heterocycles. The van der Waals surface area contributed by atoms with Crippen LogP contribution in [-0.4, -0.2) is 30.8 Å². The second-order valence-corrected chi connectivity index (χ2v) is 7.61. The third-order valence-electron chi connectivity index (χ3n) is 3.61. The van der Waals surface area contributed by atoms with Crippen molar-refractivity contribution in [3.05, 3.63) is 47.8 Å². The van der Waals surface area contributed by atoms with Crippen LogP contribution in [0.2, 0.25) is 0 Å². The van der Waals surface area contributed by atoms with E-state index in [0.29, 0.717) is 6.42 Å². The van der Waals surface area contributed by atoms with Crippen LogP contribution in [0, 0.1) is 0 Å². The van der Waals surface area contributed by atoms with Crippen LogP contribution < -0.4 is 5.32 Å². The Bertz CT molecular complexity index is 737. The summed E-state index contributed by atoms with van der Waals surface area (Å²) in [6, 6.07) is 6.42. The van der Waals surface area contributed by atoms with Gasteiger partial charge in [-0.15, -0.1) is 0 Å². The van der Waals surface area contributed by atoms with Gasteiger partial charge in [-0.2, -0.15) is 5.10 Å². The van der Waals surface area contributed by atoms with Crippen LogP contribution in [0.5, 0.6) is 0 Å². The molecule has 7 heteroatoms. The second-order valence-electron chi connectivity index (χ2n) is 5.59. The zero-order valence-corrected chi connectivity index (χ0v) is 14.1. The molecule has 0 spiro atoms. The van der Waals surface area contributed by atoms with E-state index in [1.807, 2.05) is 13.1 Å². The molecule has 2 N–H and O–H groups in total. The fourth-order valence-electron chi connectivity index (χ4n) is 2.27. The number of H-pyrrole nitrogens is 1. The van der Waals surface area contributed by atoms with E-state index in [1.165, 1.54) is 6.26 Å². The van der Waals surface area contributed by atoms with Gasteiger partial charge in [0.2, 0.25) is 5.91 Å². The van der Waals surface area contributed by atoms with Crippen LogP contribution in [0.3, 0.4) is 0 Å². The zero-order valence-electron chi connectivity index (χ0n) is 13.2. The molecule has 1 unspecified atom stereocenters. The first kappa shape index (κ1) is 17.2. The highest BCUT2D eigenvalue weighted by Crippen LogP contribution is 2.16. The summed E-state index contributed by atoms with van der Waals surface area (Å²) in [7, 11) is -3.20. The molecule has 0 aliphatic rings. The highest BCUT2D eigenvalue weighted by molar-refractivity contribution is 7.90. The van der Waals surface area contributed by atoms with E-state index in [9.17, 15) is 13.2 Å². The number of aromatic nitrogens is 2. The Labute approximate surface area is 136 Å². The maximum atomic E-state index is 12.0. The van der Waals surface area contributed by atoms with Gasteiger partial charge in [-0.05, 0) is 43.0 Å². The lowest BCUT2D eigenvalue weighted by atomic mass is 10.1. The molecule has 1 aromatic carbocycles. The van der Waals surface area contributed by atoms with Crippen molar-refractivity contribution >= 4 is 15.7 Å². The SMILES string of the molecule is CC(NC(=O)CCCc1cn[nH]c1)c1ccc(S(C)(=O)=O)cc1. The first-order valence-corrected chi connectivity index (χ1v) is 9.32. The van der Waals surface area contributed by atoms with Crippen LogP contribution in [0.1, 0.15) is 36.9 Å². The number of aryl methyl sites for hydroxylation is 1. The topological polar surface area (TPSA) is 91.9 Å². The van der Waals surface area contributed by atoms with Crippen LogP contribution in [0.4, 0.5) is 0 Å². The van der Waals surface area contributed by atoms with Gasteiger partial charge in [-0.1, -0.05) is 12.1 Å². The van der Waals surface area contributed by atoms with Gasteiger partial charge in [0, 0.05) is 18.9 Å². The Hall–Kier alpha value is -2.15. The molecule has 2 rings (SSSR count). The van der Waals surface area contributed by atoms with Crippen LogP contribution in [0.25, 0.3) is 0 Å².